The Hall–Kier alpha value is -1.99. The molecule has 2 rings (SSSR count). The third-order valence-electron chi connectivity index (χ3n) is 3.10. The van der Waals surface area contributed by atoms with Gasteiger partial charge in [-0.05, 0) is 6.07 Å². The minimum Gasteiger partial charge on any atom is -0.394 e. The Bertz CT molecular complexity index is 613. The van der Waals surface area contributed by atoms with Crippen LogP contribution in [0.2, 0.25) is 0 Å². The van der Waals surface area contributed by atoms with Gasteiger partial charge in [0.15, 0.2) is 6.23 Å². The second kappa shape index (κ2) is 5.18. The molecule has 7 nitrogen and oxygen atoms in total. The Morgan fingerprint density at radius 2 is 2.45 bits per heavy atom. The summed E-state index contributed by atoms with van der Waals surface area (Å²) in [4.78, 5) is 15.2. The van der Waals surface area contributed by atoms with Crippen LogP contribution >= 0.6 is 0 Å². The SMILES string of the molecule is C=C=C[C@@]1(F)[C@H](O)[C@@H](CO)O[C@H]1n1ccc(N)nc1=O. The van der Waals surface area contributed by atoms with Crippen molar-refractivity contribution in [3.63, 3.8) is 0 Å². The van der Waals surface area contributed by atoms with Crippen molar-refractivity contribution in [1.82, 2.24) is 9.55 Å². The predicted molar refractivity (Wildman–Crippen MR) is 67.5 cm³/mol. The molecule has 0 amide bonds. The third-order valence-corrected chi connectivity index (χ3v) is 3.10. The topological polar surface area (TPSA) is 111 Å². The Kier molecular flexibility index (Phi) is 3.74. The zero-order valence-electron chi connectivity index (χ0n) is 10.4. The second-order valence-corrected chi connectivity index (χ2v) is 4.37. The third kappa shape index (κ3) is 2.14. The smallest absolute Gasteiger partial charge is 0.351 e. The summed E-state index contributed by atoms with van der Waals surface area (Å²) in [7, 11) is 0. The molecule has 0 aliphatic carbocycles. The number of anilines is 1. The fourth-order valence-electron chi connectivity index (χ4n) is 2.11. The van der Waals surface area contributed by atoms with Crippen LogP contribution < -0.4 is 11.4 Å². The number of hydrogen-bond acceptors (Lipinski definition) is 6. The lowest BCUT2D eigenvalue weighted by Crippen LogP contribution is -2.43. The van der Waals surface area contributed by atoms with Crippen LogP contribution in [0.4, 0.5) is 10.2 Å². The highest BCUT2D eigenvalue weighted by Crippen LogP contribution is 2.41. The van der Waals surface area contributed by atoms with Crippen molar-refractivity contribution < 1.29 is 19.3 Å². The highest BCUT2D eigenvalue weighted by atomic mass is 19.1. The molecule has 2 heterocycles. The van der Waals surface area contributed by atoms with E-state index >= 15 is 0 Å². The lowest BCUT2D eigenvalue weighted by atomic mass is 9.96. The summed E-state index contributed by atoms with van der Waals surface area (Å²) in [5.41, 5.74) is 4.28. The molecular formula is C12H14FN3O4. The number of aliphatic hydroxyl groups is 2. The molecule has 8 heteroatoms. The number of ether oxygens (including phenoxy) is 1. The van der Waals surface area contributed by atoms with Crippen molar-refractivity contribution in [3.05, 3.63) is 41.1 Å². The molecule has 1 aromatic rings. The number of halogens is 1. The van der Waals surface area contributed by atoms with E-state index in [1.54, 1.807) is 0 Å². The molecule has 0 saturated carbocycles. The molecule has 4 atom stereocenters. The van der Waals surface area contributed by atoms with Gasteiger partial charge in [-0.25, -0.2) is 9.18 Å². The maximum Gasteiger partial charge on any atom is 0.351 e. The normalized spacial score (nSPS) is 32.9. The fraction of sp³-hybridized carbons (Fsp3) is 0.417. The van der Waals surface area contributed by atoms with Crippen LogP contribution in [0.15, 0.2) is 35.4 Å². The van der Waals surface area contributed by atoms with Crippen LogP contribution in [0.3, 0.4) is 0 Å². The molecule has 108 valence electrons. The van der Waals surface area contributed by atoms with Gasteiger partial charge in [0.05, 0.1) is 6.61 Å². The largest absolute Gasteiger partial charge is 0.394 e. The first-order valence-electron chi connectivity index (χ1n) is 5.79. The summed E-state index contributed by atoms with van der Waals surface area (Å²) in [6.07, 6.45) is -2.28. The second-order valence-electron chi connectivity index (χ2n) is 4.37. The number of alkyl halides is 1. The Morgan fingerprint density at radius 3 is 3.00 bits per heavy atom. The van der Waals surface area contributed by atoms with E-state index in [1.165, 1.54) is 12.3 Å². The number of nitrogen functional groups attached to an aromatic ring is 1. The standard InChI is InChI=1S/C12H14FN3O4/c1-2-4-12(13)9(18)7(6-17)20-10(12)16-5-3-8(14)15-11(16)19/h3-5,7,9-10,17-18H,1,6H2,(H2,14,15,19)/t7-,9-,10-,12-/m1/s1. The molecule has 0 aromatic carbocycles. The van der Waals surface area contributed by atoms with Crippen LogP contribution in [0.5, 0.6) is 0 Å². The summed E-state index contributed by atoms with van der Waals surface area (Å²) < 4.78 is 21.0. The molecule has 1 saturated heterocycles. The van der Waals surface area contributed by atoms with Crippen molar-refractivity contribution in [3.8, 4) is 0 Å². The van der Waals surface area contributed by atoms with Crippen LogP contribution in [0.1, 0.15) is 6.23 Å². The fourth-order valence-corrected chi connectivity index (χ4v) is 2.11. The van der Waals surface area contributed by atoms with Gasteiger partial charge in [-0.1, -0.05) is 6.58 Å². The molecule has 1 aliphatic heterocycles. The van der Waals surface area contributed by atoms with Crippen molar-refractivity contribution >= 4 is 5.82 Å². The molecule has 4 N–H and O–H groups in total. The molecule has 0 unspecified atom stereocenters. The molecule has 20 heavy (non-hydrogen) atoms. The lowest BCUT2D eigenvalue weighted by molar-refractivity contribution is -0.0554. The molecule has 1 fully saturated rings. The number of rotatable bonds is 3. The van der Waals surface area contributed by atoms with Crippen molar-refractivity contribution in [2.45, 2.75) is 24.1 Å². The first-order valence-corrected chi connectivity index (χ1v) is 5.79. The van der Waals surface area contributed by atoms with Crippen molar-refractivity contribution in [2.75, 3.05) is 12.3 Å². The molecule has 1 aliphatic rings. The molecule has 0 bridgehead atoms. The van der Waals surface area contributed by atoms with Gasteiger partial charge in [0.1, 0.15) is 18.0 Å². The van der Waals surface area contributed by atoms with E-state index in [1.807, 2.05) is 0 Å². The first-order chi connectivity index (χ1) is 9.43. The highest BCUT2D eigenvalue weighted by molar-refractivity contribution is 5.24. The van der Waals surface area contributed by atoms with E-state index in [2.05, 4.69) is 17.3 Å². The van der Waals surface area contributed by atoms with Gasteiger partial charge < -0.3 is 20.7 Å². The maximum atomic E-state index is 14.9. The quantitative estimate of drug-likeness (QED) is 0.622. The number of aromatic nitrogens is 2. The van der Waals surface area contributed by atoms with E-state index < -0.39 is 36.4 Å². The summed E-state index contributed by atoms with van der Waals surface area (Å²) in [6, 6.07) is 1.29. The van der Waals surface area contributed by atoms with Crippen molar-refractivity contribution in [2.24, 2.45) is 0 Å². The number of hydrogen-bond donors (Lipinski definition) is 3. The Balaban J connectivity index is 2.53. The molecule has 0 spiro atoms. The van der Waals surface area contributed by atoms with E-state index in [4.69, 9.17) is 15.6 Å². The van der Waals surface area contributed by atoms with E-state index in [-0.39, 0.29) is 5.82 Å². The predicted octanol–water partition coefficient (Wildman–Crippen LogP) is -0.875. The van der Waals surface area contributed by atoms with Crippen LogP contribution in [0, 0.1) is 0 Å². The summed E-state index contributed by atoms with van der Waals surface area (Å²) >= 11 is 0. The minimum atomic E-state index is -2.46. The van der Waals surface area contributed by atoms with Gasteiger partial charge in [-0.15, -0.1) is 5.73 Å². The van der Waals surface area contributed by atoms with Crippen LogP contribution in [-0.4, -0.2) is 44.2 Å². The Morgan fingerprint density at radius 1 is 1.75 bits per heavy atom. The van der Waals surface area contributed by atoms with Crippen LogP contribution in [-0.2, 0) is 4.74 Å². The van der Waals surface area contributed by atoms with Gasteiger partial charge in [0, 0.05) is 12.3 Å². The van der Waals surface area contributed by atoms with Gasteiger partial charge in [0.25, 0.3) is 0 Å². The van der Waals surface area contributed by atoms with E-state index in [9.17, 15) is 14.3 Å². The van der Waals surface area contributed by atoms with Crippen molar-refractivity contribution in [1.29, 1.82) is 0 Å². The van der Waals surface area contributed by atoms with Gasteiger partial charge in [-0.3, -0.25) is 4.57 Å². The number of nitrogens with two attached hydrogens (primary N) is 1. The van der Waals surface area contributed by atoms with Gasteiger partial charge in [-0.2, -0.15) is 4.98 Å². The zero-order valence-corrected chi connectivity index (χ0v) is 10.4. The average Bonchev–Trinajstić information content (AvgIpc) is 2.63. The monoisotopic (exact) mass is 283 g/mol. The molecular weight excluding hydrogens is 269 g/mol. The Labute approximate surface area is 113 Å². The number of nitrogens with zero attached hydrogens (tertiary/aromatic N) is 2. The van der Waals surface area contributed by atoms with Gasteiger partial charge in [0.2, 0.25) is 5.67 Å². The molecule has 1 aromatic heterocycles. The summed E-state index contributed by atoms with van der Waals surface area (Å²) in [5.74, 6) is -0.0211. The highest BCUT2D eigenvalue weighted by Gasteiger charge is 2.57. The lowest BCUT2D eigenvalue weighted by Gasteiger charge is -2.25. The molecule has 0 radical (unpaired) electrons. The van der Waals surface area contributed by atoms with E-state index in [0.29, 0.717) is 0 Å². The van der Waals surface area contributed by atoms with Crippen LogP contribution in [0.25, 0.3) is 0 Å². The average molecular weight is 283 g/mol. The zero-order chi connectivity index (χ0) is 14.9. The maximum absolute atomic E-state index is 14.9. The minimum absolute atomic E-state index is 0.0211. The summed E-state index contributed by atoms with van der Waals surface area (Å²) in [5, 5.41) is 19.0. The summed E-state index contributed by atoms with van der Waals surface area (Å²) in [6.45, 7) is 2.64. The van der Waals surface area contributed by atoms with Gasteiger partial charge >= 0.3 is 5.69 Å². The van der Waals surface area contributed by atoms with E-state index in [0.717, 1.165) is 10.6 Å². The first kappa shape index (κ1) is 14.4. The number of aliphatic hydroxyl groups excluding tert-OH is 2.